The van der Waals surface area contributed by atoms with Crippen molar-refractivity contribution in [1.29, 1.82) is 0 Å². The Morgan fingerprint density at radius 1 is 0.548 bits per heavy atom. The van der Waals surface area contributed by atoms with Gasteiger partial charge < -0.3 is 20.4 Å². The molecule has 0 aliphatic carbocycles. The van der Waals surface area contributed by atoms with Crippen LogP contribution < -0.4 is 0 Å². The molecule has 31 heavy (non-hydrogen) atoms. The van der Waals surface area contributed by atoms with E-state index in [9.17, 15) is 9.59 Å². The molecule has 0 spiro atoms. The van der Waals surface area contributed by atoms with Gasteiger partial charge in [-0.3, -0.25) is 0 Å². The highest BCUT2D eigenvalue weighted by Crippen LogP contribution is 2.17. The Morgan fingerprint density at radius 3 is 1.06 bits per heavy atom. The molecule has 2 aromatic carbocycles. The van der Waals surface area contributed by atoms with Gasteiger partial charge in [0.15, 0.2) is 0 Å². The van der Waals surface area contributed by atoms with E-state index in [4.69, 9.17) is 20.4 Å². The van der Waals surface area contributed by atoms with Crippen molar-refractivity contribution in [3.05, 3.63) is 59.7 Å². The number of benzene rings is 2. The molecule has 0 saturated carbocycles. The first-order valence-electron chi connectivity index (χ1n) is 9.92. The normalized spacial score (nSPS) is 9.16. The molecule has 0 atom stereocenters. The minimum absolute atomic E-state index is 0.195. The van der Waals surface area contributed by atoms with E-state index in [1.807, 2.05) is 24.3 Å². The first-order chi connectivity index (χ1) is 15.1. The molecule has 0 amide bonds. The van der Waals surface area contributed by atoms with Crippen molar-refractivity contribution in [2.24, 2.45) is 9.98 Å². The number of hydrogen-bond acceptors (Lipinski definition) is 8. The Hall–Kier alpha value is -2.96. The first-order valence-corrected chi connectivity index (χ1v) is 9.92. The minimum atomic E-state index is 0.195. The average molecular weight is 431 g/mol. The number of hydrogen-bond donors (Lipinski definition) is 4. The lowest BCUT2D eigenvalue weighted by Crippen LogP contribution is -1.86. The lowest BCUT2D eigenvalue weighted by Gasteiger charge is -2.02. The summed E-state index contributed by atoms with van der Waals surface area (Å²) in [6, 6.07) is 14.7. The Balaban J connectivity index is 0.000000620. The average Bonchev–Trinajstić information content (AvgIpc) is 2.80. The molecule has 0 saturated heterocycles. The maximum atomic E-state index is 10.1. The summed E-state index contributed by atoms with van der Waals surface area (Å²) in [5, 5.41) is 32.3. The van der Waals surface area contributed by atoms with E-state index in [1.165, 1.54) is 12.2 Å². The van der Waals surface area contributed by atoms with Crippen molar-refractivity contribution in [1.82, 2.24) is 0 Å². The summed E-state index contributed by atoms with van der Waals surface area (Å²) in [7, 11) is 0. The van der Waals surface area contributed by atoms with Gasteiger partial charge in [0.2, 0.25) is 12.2 Å². The summed E-state index contributed by atoms with van der Waals surface area (Å²) in [6.45, 7) is 0.780. The molecule has 0 aromatic heterocycles. The van der Waals surface area contributed by atoms with Gasteiger partial charge in [-0.25, -0.2) is 9.59 Å². The zero-order valence-corrected chi connectivity index (χ0v) is 17.5. The van der Waals surface area contributed by atoms with Crippen LogP contribution in [-0.2, 0) is 16.0 Å². The molecule has 0 aliphatic rings. The van der Waals surface area contributed by atoms with Crippen LogP contribution in [0.25, 0.3) is 0 Å². The summed E-state index contributed by atoms with van der Waals surface area (Å²) in [5.74, 6) is 0. The van der Waals surface area contributed by atoms with E-state index in [1.54, 1.807) is 24.3 Å². The highest BCUT2D eigenvalue weighted by Gasteiger charge is 1.97. The van der Waals surface area contributed by atoms with Gasteiger partial charge in [0.05, 0.1) is 11.4 Å². The Labute approximate surface area is 182 Å². The highest BCUT2D eigenvalue weighted by atomic mass is 16.3. The van der Waals surface area contributed by atoms with Crippen LogP contribution in [0.1, 0.15) is 36.8 Å². The van der Waals surface area contributed by atoms with E-state index < -0.39 is 0 Å². The van der Waals surface area contributed by atoms with E-state index in [-0.39, 0.29) is 26.4 Å². The van der Waals surface area contributed by atoms with Crippen LogP contribution in [0.2, 0.25) is 0 Å². The second-order valence-corrected chi connectivity index (χ2v) is 6.22. The topological polar surface area (TPSA) is 140 Å². The van der Waals surface area contributed by atoms with Crippen molar-refractivity contribution >= 4 is 23.5 Å². The quantitative estimate of drug-likeness (QED) is 0.260. The van der Waals surface area contributed by atoms with Crippen LogP contribution in [0.3, 0.4) is 0 Å². The zero-order chi connectivity index (χ0) is 23.2. The molecule has 0 fully saturated rings. The fourth-order valence-electron chi connectivity index (χ4n) is 2.16. The number of nitrogens with zero attached hydrogens (tertiary/aromatic N) is 2. The molecular formula is C23H30N2O6. The molecule has 168 valence electrons. The number of aliphatic hydroxyl groups is 4. The molecule has 0 aliphatic heterocycles. The SMILES string of the molecule is O=C=Nc1ccc(Cc2ccc(N=C=O)cc2)cc1.OCCCCO.OCCCCO. The smallest absolute Gasteiger partial charge is 0.240 e. The molecule has 2 aromatic rings. The number of rotatable bonds is 10. The van der Waals surface area contributed by atoms with Gasteiger partial charge in [-0.1, -0.05) is 24.3 Å². The Bertz CT molecular complexity index is 705. The summed E-state index contributed by atoms with van der Waals surface area (Å²) in [4.78, 5) is 27.3. The molecule has 2 rings (SSSR count). The van der Waals surface area contributed by atoms with Crippen molar-refractivity contribution in [3.63, 3.8) is 0 Å². The Kier molecular flexibility index (Phi) is 18.4. The summed E-state index contributed by atoms with van der Waals surface area (Å²) in [6.07, 6.45) is 6.64. The number of unbranched alkanes of at least 4 members (excludes halogenated alkanes) is 2. The molecule has 0 unspecified atom stereocenters. The van der Waals surface area contributed by atoms with E-state index in [0.29, 0.717) is 11.4 Å². The second kappa shape index (κ2) is 20.3. The van der Waals surface area contributed by atoms with Gasteiger partial charge in [-0.05, 0) is 67.5 Å². The van der Waals surface area contributed by atoms with E-state index in [0.717, 1.165) is 43.2 Å². The summed E-state index contributed by atoms with van der Waals surface area (Å²) >= 11 is 0. The van der Waals surface area contributed by atoms with Crippen LogP contribution in [-0.4, -0.2) is 59.0 Å². The number of carbonyl (C=O) groups excluding carboxylic acids is 2. The second-order valence-electron chi connectivity index (χ2n) is 6.22. The first kappa shape index (κ1) is 28.0. The largest absolute Gasteiger partial charge is 0.396 e. The van der Waals surface area contributed by atoms with Gasteiger partial charge >= 0.3 is 0 Å². The van der Waals surface area contributed by atoms with Crippen LogP contribution in [0, 0.1) is 0 Å². The van der Waals surface area contributed by atoms with Gasteiger partial charge in [0.25, 0.3) is 0 Å². The maximum Gasteiger partial charge on any atom is 0.240 e. The minimum Gasteiger partial charge on any atom is -0.396 e. The van der Waals surface area contributed by atoms with Gasteiger partial charge in [-0.15, -0.1) is 0 Å². The standard InChI is InChI=1S/C15H10N2O2.2C4H10O2/c18-10-16-14-5-1-12(2-6-14)9-13-3-7-15(8-4-13)17-11-19;2*5-3-1-2-4-6/h1-8H,9H2;2*5-6H,1-4H2. The lowest BCUT2D eigenvalue weighted by atomic mass is 10.0. The van der Waals surface area contributed by atoms with Crippen molar-refractivity contribution in [2.45, 2.75) is 32.1 Å². The number of aliphatic imine (C=N–C) groups is 2. The van der Waals surface area contributed by atoms with Crippen LogP contribution in [0.5, 0.6) is 0 Å². The molecule has 8 heteroatoms. The highest BCUT2D eigenvalue weighted by molar-refractivity contribution is 5.51. The van der Waals surface area contributed by atoms with E-state index in [2.05, 4.69) is 9.98 Å². The molecule has 4 N–H and O–H groups in total. The van der Waals surface area contributed by atoms with Gasteiger partial charge in [0.1, 0.15) is 0 Å². The van der Waals surface area contributed by atoms with Crippen molar-refractivity contribution in [3.8, 4) is 0 Å². The summed E-state index contributed by atoms with van der Waals surface area (Å²) < 4.78 is 0. The van der Waals surface area contributed by atoms with Crippen molar-refractivity contribution < 1.29 is 30.0 Å². The van der Waals surface area contributed by atoms with Crippen LogP contribution >= 0.6 is 0 Å². The molecular weight excluding hydrogens is 400 g/mol. The fourth-order valence-corrected chi connectivity index (χ4v) is 2.16. The van der Waals surface area contributed by atoms with Gasteiger partial charge in [-0.2, -0.15) is 9.98 Å². The summed E-state index contributed by atoms with van der Waals surface area (Å²) in [5.41, 5.74) is 3.40. The number of aliphatic hydroxyl groups excluding tert-OH is 4. The van der Waals surface area contributed by atoms with Crippen LogP contribution in [0.4, 0.5) is 11.4 Å². The molecule has 0 bridgehead atoms. The predicted octanol–water partition coefficient (Wildman–Crippen LogP) is 2.71. The van der Waals surface area contributed by atoms with Gasteiger partial charge in [0, 0.05) is 26.4 Å². The van der Waals surface area contributed by atoms with Crippen LogP contribution in [0.15, 0.2) is 58.5 Å². The lowest BCUT2D eigenvalue weighted by molar-refractivity contribution is 0.242. The van der Waals surface area contributed by atoms with Crippen molar-refractivity contribution in [2.75, 3.05) is 26.4 Å². The fraction of sp³-hybridized carbons (Fsp3) is 0.391. The third kappa shape index (κ3) is 15.5. The van der Waals surface area contributed by atoms with E-state index >= 15 is 0 Å². The zero-order valence-electron chi connectivity index (χ0n) is 17.5. The third-order valence-electron chi connectivity index (χ3n) is 3.76. The number of isocyanates is 2. The molecule has 0 heterocycles. The molecule has 0 radical (unpaired) electrons. The third-order valence-corrected chi connectivity index (χ3v) is 3.76. The Morgan fingerprint density at radius 2 is 0.839 bits per heavy atom. The predicted molar refractivity (Wildman–Crippen MR) is 118 cm³/mol. The monoisotopic (exact) mass is 430 g/mol. The maximum absolute atomic E-state index is 10.1. The molecule has 8 nitrogen and oxygen atoms in total.